The van der Waals surface area contributed by atoms with Crippen molar-refractivity contribution in [2.45, 2.75) is 25.2 Å². The molecule has 0 aromatic heterocycles. The van der Waals surface area contributed by atoms with Crippen molar-refractivity contribution in [1.29, 1.82) is 0 Å². The normalized spacial score (nSPS) is 23.1. The summed E-state index contributed by atoms with van der Waals surface area (Å²) in [6.45, 7) is 1.28. The Hall–Kier alpha value is -1.10. The number of hydrogen-bond acceptors (Lipinski definition) is 3. The predicted molar refractivity (Wildman–Crippen MR) is 67.9 cm³/mol. The highest BCUT2D eigenvalue weighted by Crippen LogP contribution is 2.12. The summed E-state index contributed by atoms with van der Waals surface area (Å²) in [6, 6.07) is 9.75. The number of amides is 1. The number of nitrogens with two attached hydrogens (primary N) is 1. The highest BCUT2D eigenvalue weighted by Gasteiger charge is 2.28. The molecule has 94 valence electrons. The van der Waals surface area contributed by atoms with Crippen molar-refractivity contribution in [2.24, 2.45) is 5.73 Å². The van der Waals surface area contributed by atoms with E-state index in [0.29, 0.717) is 19.6 Å². The molecule has 3 N–H and O–H groups in total. The van der Waals surface area contributed by atoms with Crippen LogP contribution in [-0.2, 0) is 16.1 Å². The van der Waals surface area contributed by atoms with E-state index in [-0.39, 0.29) is 30.5 Å². The van der Waals surface area contributed by atoms with Crippen molar-refractivity contribution in [3.8, 4) is 0 Å². The molecule has 1 aliphatic rings. The Balaban J connectivity index is 0.00000144. The third-order valence-corrected chi connectivity index (χ3v) is 2.76. The second kappa shape index (κ2) is 6.59. The summed E-state index contributed by atoms with van der Waals surface area (Å²) in [6.07, 6.45) is 0.750. The van der Waals surface area contributed by atoms with Crippen LogP contribution < -0.4 is 11.1 Å². The number of carbonyl (C=O) groups is 1. The zero-order valence-electron chi connectivity index (χ0n) is 9.46. The number of primary amides is 1. The monoisotopic (exact) mass is 256 g/mol. The number of nitrogens with one attached hydrogen (secondary N) is 1. The van der Waals surface area contributed by atoms with Crippen molar-refractivity contribution in [2.75, 3.05) is 6.54 Å². The molecule has 0 radical (unpaired) electrons. The Morgan fingerprint density at radius 3 is 2.71 bits per heavy atom. The SMILES string of the molecule is Cl.NC(=O)[C@@H]1C[C@@H](OCc2ccccc2)CN1. The van der Waals surface area contributed by atoms with Crippen molar-refractivity contribution >= 4 is 18.3 Å². The van der Waals surface area contributed by atoms with E-state index in [1.54, 1.807) is 0 Å². The van der Waals surface area contributed by atoms with Crippen LogP contribution in [0.2, 0.25) is 0 Å². The van der Waals surface area contributed by atoms with Gasteiger partial charge in [0.2, 0.25) is 5.91 Å². The Labute approximate surface area is 107 Å². The first-order valence-corrected chi connectivity index (χ1v) is 5.44. The molecule has 1 saturated heterocycles. The average Bonchev–Trinajstić information content (AvgIpc) is 2.76. The van der Waals surface area contributed by atoms with Gasteiger partial charge in [-0.2, -0.15) is 0 Å². The first-order chi connectivity index (χ1) is 7.75. The summed E-state index contributed by atoms with van der Waals surface area (Å²) in [5, 5.41) is 3.04. The van der Waals surface area contributed by atoms with Crippen molar-refractivity contribution in [1.82, 2.24) is 5.32 Å². The molecule has 0 aliphatic carbocycles. The van der Waals surface area contributed by atoms with Gasteiger partial charge in [0.05, 0.1) is 18.8 Å². The number of rotatable bonds is 4. The van der Waals surface area contributed by atoms with Crippen LogP contribution in [0.1, 0.15) is 12.0 Å². The van der Waals surface area contributed by atoms with E-state index < -0.39 is 0 Å². The topological polar surface area (TPSA) is 64.4 Å². The Morgan fingerprint density at radius 2 is 2.12 bits per heavy atom. The summed E-state index contributed by atoms with van der Waals surface area (Å²) >= 11 is 0. The maximum Gasteiger partial charge on any atom is 0.234 e. The van der Waals surface area contributed by atoms with Crippen LogP contribution in [0.5, 0.6) is 0 Å². The standard InChI is InChI=1S/C12H16N2O2.ClH/c13-12(15)11-6-10(7-14-11)16-8-9-4-2-1-3-5-9;/h1-5,10-11,14H,6-8H2,(H2,13,15);1H/t10-,11+;/m1./s1. The molecule has 0 saturated carbocycles. The Morgan fingerprint density at radius 1 is 1.41 bits per heavy atom. The van der Waals surface area contributed by atoms with Gasteiger partial charge in [-0.1, -0.05) is 30.3 Å². The van der Waals surface area contributed by atoms with Crippen LogP contribution >= 0.6 is 12.4 Å². The molecule has 1 aromatic rings. The van der Waals surface area contributed by atoms with E-state index >= 15 is 0 Å². The Kier molecular flexibility index (Phi) is 5.41. The van der Waals surface area contributed by atoms with E-state index in [4.69, 9.17) is 10.5 Å². The van der Waals surface area contributed by atoms with Gasteiger partial charge in [-0.25, -0.2) is 0 Å². The molecule has 0 spiro atoms. The fourth-order valence-electron chi connectivity index (χ4n) is 1.84. The molecular formula is C12H17ClN2O2. The van der Waals surface area contributed by atoms with Gasteiger partial charge in [-0.05, 0) is 12.0 Å². The van der Waals surface area contributed by atoms with Gasteiger partial charge in [0.1, 0.15) is 0 Å². The quantitative estimate of drug-likeness (QED) is 0.839. The molecule has 1 aliphatic heterocycles. The third-order valence-electron chi connectivity index (χ3n) is 2.76. The summed E-state index contributed by atoms with van der Waals surface area (Å²) in [7, 11) is 0. The molecule has 0 bridgehead atoms. The lowest BCUT2D eigenvalue weighted by atomic mass is 10.2. The second-order valence-corrected chi connectivity index (χ2v) is 4.02. The molecule has 1 fully saturated rings. The van der Waals surface area contributed by atoms with Gasteiger partial charge in [-0.15, -0.1) is 12.4 Å². The average molecular weight is 257 g/mol. The highest BCUT2D eigenvalue weighted by molar-refractivity contribution is 5.85. The van der Waals surface area contributed by atoms with Gasteiger partial charge in [0, 0.05) is 6.54 Å². The third kappa shape index (κ3) is 4.00. The summed E-state index contributed by atoms with van der Waals surface area (Å²) < 4.78 is 5.70. The van der Waals surface area contributed by atoms with Crippen LogP contribution in [0.25, 0.3) is 0 Å². The van der Waals surface area contributed by atoms with Crippen LogP contribution in [0, 0.1) is 0 Å². The van der Waals surface area contributed by atoms with Gasteiger partial charge < -0.3 is 15.8 Å². The minimum absolute atomic E-state index is 0. The van der Waals surface area contributed by atoms with Crippen LogP contribution in [0.15, 0.2) is 30.3 Å². The van der Waals surface area contributed by atoms with Gasteiger partial charge in [0.25, 0.3) is 0 Å². The number of ether oxygens (including phenoxy) is 1. The fourth-order valence-corrected chi connectivity index (χ4v) is 1.84. The molecule has 1 heterocycles. The number of carbonyl (C=O) groups excluding carboxylic acids is 1. The molecule has 2 rings (SSSR count). The van der Waals surface area contributed by atoms with E-state index in [1.807, 2.05) is 30.3 Å². The van der Waals surface area contributed by atoms with Gasteiger partial charge in [0.15, 0.2) is 0 Å². The molecule has 0 unspecified atom stereocenters. The van der Waals surface area contributed by atoms with E-state index in [0.717, 1.165) is 5.56 Å². The lowest BCUT2D eigenvalue weighted by Crippen LogP contribution is -2.36. The number of hydrogen-bond donors (Lipinski definition) is 2. The fraction of sp³-hybridized carbons (Fsp3) is 0.417. The molecule has 17 heavy (non-hydrogen) atoms. The smallest absolute Gasteiger partial charge is 0.234 e. The summed E-state index contributed by atoms with van der Waals surface area (Å²) in [5.74, 6) is -0.300. The van der Waals surface area contributed by atoms with Crippen molar-refractivity contribution in [3.63, 3.8) is 0 Å². The number of benzene rings is 1. The van der Waals surface area contributed by atoms with E-state index in [9.17, 15) is 4.79 Å². The van der Waals surface area contributed by atoms with Gasteiger partial charge in [-0.3, -0.25) is 4.79 Å². The molecule has 1 aromatic carbocycles. The molecule has 2 atom stereocenters. The summed E-state index contributed by atoms with van der Waals surface area (Å²) in [5.41, 5.74) is 6.35. The van der Waals surface area contributed by atoms with E-state index in [1.165, 1.54) is 0 Å². The van der Waals surface area contributed by atoms with Crippen LogP contribution in [0.3, 0.4) is 0 Å². The van der Waals surface area contributed by atoms with Gasteiger partial charge >= 0.3 is 0 Å². The maximum absolute atomic E-state index is 10.9. The second-order valence-electron chi connectivity index (χ2n) is 4.02. The first-order valence-electron chi connectivity index (χ1n) is 5.44. The van der Waals surface area contributed by atoms with Crippen LogP contribution in [0.4, 0.5) is 0 Å². The molecule has 5 heteroatoms. The first kappa shape index (κ1) is 14.0. The zero-order chi connectivity index (χ0) is 11.4. The lowest BCUT2D eigenvalue weighted by molar-refractivity contribution is -0.119. The largest absolute Gasteiger partial charge is 0.372 e. The minimum Gasteiger partial charge on any atom is -0.372 e. The molecule has 1 amide bonds. The number of halogens is 1. The zero-order valence-corrected chi connectivity index (χ0v) is 10.3. The summed E-state index contributed by atoms with van der Waals surface area (Å²) in [4.78, 5) is 10.9. The van der Waals surface area contributed by atoms with Crippen LogP contribution in [-0.4, -0.2) is 24.6 Å². The maximum atomic E-state index is 10.9. The van der Waals surface area contributed by atoms with E-state index in [2.05, 4.69) is 5.32 Å². The minimum atomic E-state index is -0.300. The molecular weight excluding hydrogens is 240 g/mol. The van der Waals surface area contributed by atoms with Crippen molar-refractivity contribution < 1.29 is 9.53 Å². The predicted octanol–water partition coefficient (Wildman–Crippen LogP) is 0.841. The van der Waals surface area contributed by atoms with Crippen molar-refractivity contribution in [3.05, 3.63) is 35.9 Å². The highest BCUT2D eigenvalue weighted by atomic mass is 35.5. The lowest BCUT2D eigenvalue weighted by Gasteiger charge is -2.10. The molecule has 4 nitrogen and oxygen atoms in total. The Bertz CT molecular complexity index is 359.